The van der Waals surface area contributed by atoms with E-state index in [-0.39, 0.29) is 71.7 Å². The fourth-order valence-electron chi connectivity index (χ4n) is 26.7. The molecule has 120 heavy (non-hydrogen) atoms. The van der Waals surface area contributed by atoms with Gasteiger partial charge in [0, 0.05) is 88.6 Å². The first-order chi connectivity index (χ1) is 56.3. The molecule has 40 heteroatoms. The molecule has 0 amide bonds. The first-order valence-corrected chi connectivity index (χ1v) is 42.1. The second kappa shape index (κ2) is 27.6. The van der Waals surface area contributed by atoms with E-state index in [9.17, 15) is 83.4 Å². The molecule has 16 aliphatic carbocycles. The molecule has 26 atom stereocenters. The summed E-state index contributed by atoms with van der Waals surface area (Å²) in [6, 6.07) is 0. The van der Waals surface area contributed by atoms with Crippen LogP contribution in [-0.2, 0) is 147 Å². The number of aliphatic hydroxyl groups is 1. The van der Waals surface area contributed by atoms with Crippen LogP contribution in [0.25, 0.3) is 0 Å². The number of hydrogen-bond acceptors (Lipinski definition) is 32. The molecule has 26 unspecified atom stereocenters. The molecule has 16 bridgehead atoms. The zero-order chi connectivity index (χ0) is 84.6. The minimum atomic E-state index is -3.55. The lowest BCUT2D eigenvalue weighted by Crippen LogP contribution is -2.66. The smallest absolute Gasteiger partial charge is 0.377 e. The van der Waals surface area contributed by atoms with Gasteiger partial charge in [0.25, 0.3) is 0 Å². The van der Waals surface area contributed by atoms with Gasteiger partial charge in [-0.3, -0.25) is 4.79 Å². The topological polar surface area (TPSA) is 377 Å². The van der Waals surface area contributed by atoms with Crippen molar-refractivity contribution in [3.05, 3.63) is 0 Å². The van der Waals surface area contributed by atoms with Crippen molar-refractivity contribution in [2.75, 3.05) is 13.2 Å². The van der Waals surface area contributed by atoms with Crippen molar-refractivity contribution in [1.82, 2.24) is 0 Å². The van der Waals surface area contributed by atoms with E-state index in [0.29, 0.717) is 117 Å². The van der Waals surface area contributed by atoms with Crippen LogP contribution in [-0.4, -0.2) is 252 Å². The highest BCUT2D eigenvalue weighted by Gasteiger charge is 2.79. The van der Waals surface area contributed by atoms with Gasteiger partial charge in [0.2, 0.25) is 6.10 Å². The molecule has 11 saturated heterocycles. The molecule has 16 saturated carbocycles. The summed E-state index contributed by atoms with van der Waals surface area (Å²) in [6.07, 6.45) is -1.93. The first kappa shape index (κ1) is 82.4. The van der Waals surface area contributed by atoms with E-state index in [1.165, 1.54) is 6.92 Å². The quantitative estimate of drug-likeness (QED) is 0.0897. The molecule has 32 nitrogen and oxygen atoms in total. The summed E-state index contributed by atoms with van der Waals surface area (Å²) in [6.45, 7) is 7.57. The molecule has 4 spiro atoms. The van der Waals surface area contributed by atoms with Crippen molar-refractivity contribution >= 4 is 53.7 Å². The van der Waals surface area contributed by atoms with E-state index in [2.05, 4.69) is 0 Å². The summed E-state index contributed by atoms with van der Waals surface area (Å²) in [5.41, 5.74) is -3.63. The highest BCUT2D eigenvalue weighted by molar-refractivity contribution is 5.83. The highest BCUT2D eigenvalue weighted by atomic mass is 19.3. The van der Waals surface area contributed by atoms with Crippen LogP contribution in [0.15, 0.2) is 0 Å². The molecule has 1 N–H and O–H groups in total. The molecule has 27 aliphatic rings. The maximum Gasteiger partial charge on any atom is 0.377 e. The second-order valence-corrected chi connectivity index (χ2v) is 38.7. The number of ether oxygens (including phenoxy) is 22. The van der Waals surface area contributed by atoms with E-state index >= 15 is 0 Å². The van der Waals surface area contributed by atoms with Gasteiger partial charge in [-0.1, -0.05) is 0 Å². The van der Waals surface area contributed by atoms with E-state index in [1.54, 1.807) is 6.92 Å². The molecular formula is C80H96F8O32. The Balaban J connectivity index is 0.000000103. The van der Waals surface area contributed by atoms with E-state index < -0.39 is 234 Å². The fraction of sp³-hybridized carbons (Fsp3) is 0.887. The Morgan fingerprint density at radius 2 is 0.717 bits per heavy atom. The Morgan fingerprint density at radius 1 is 0.408 bits per heavy atom. The predicted molar refractivity (Wildman–Crippen MR) is 365 cm³/mol. The van der Waals surface area contributed by atoms with Gasteiger partial charge in [-0.2, -0.15) is 35.1 Å². The number of halogens is 8. The van der Waals surface area contributed by atoms with Gasteiger partial charge in [-0.25, -0.2) is 38.4 Å². The lowest BCUT2D eigenvalue weighted by atomic mass is 9.51. The normalized spacial score (nSPS) is 51.0. The lowest BCUT2D eigenvalue weighted by Gasteiger charge is -2.62. The Hall–Kier alpha value is -5.89. The molecule has 27 fully saturated rings. The third-order valence-electron chi connectivity index (χ3n) is 30.2. The maximum atomic E-state index is 13.6. The SMILES string of the molecule is CC(=O)OC1C(=O)OC2C3OC4(OC3OC12)C1CC2CC4CC(OC(=O)C(C)(F)F)(C2)C1.CC(F)(F)C(=O)OC12CC3CC(C1)C1(OC4COC(=O)C4O1)C(C3)C2.CC(F)(F)C(=O)OC12CC3CC(C1)C1(OC4OC5C(O)C(=O)OC5C4O1)C(C3)C2.CCOC(C)OC1C(=O)OC2C3OC4(OC3OC12)C1CC2CC4CC(OC(=O)C(C)(F)F)(C2)C1. The summed E-state index contributed by atoms with van der Waals surface area (Å²) < 4.78 is 235. The molecule has 0 aromatic carbocycles. The predicted octanol–water partition coefficient (Wildman–Crippen LogP) is 6.44. The summed E-state index contributed by atoms with van der Waals surface area (Å²) in [5.74, 6) is -26.8. The van der Waals surface area contributed by atoms with Gasteiger partial charge in [-0.05, 0) is 166 Å². The molecule has 0 radical (unpaired) electrons. The Kier molecular flexibility index (Phi) is 18.9. The van der Waals surface area contributed by atoms with Crippen molar-refractivity contribution < 1.29 is 188 Å². The Morgan fingerprint density at radius 3 is 1.04 bits per heavy atom. The van der Waals surface area contributed by atoms with Gasteiger partial charge in [0.05, 0.1) is 0 Å². The van der Waals surface area contributed by atoms with Gasteiger partial charge < -0.3 is 109 Å². The molecule has 664 valence electrons. The Labute approximate surface area is 680 Å². The van der Waals surface area contributed by atoms with Crippen LogP contribution in [0.4, 0.5) is 35.1 Å². The number of rotatable bonds is 13. The highest BCUT2D eigenvalue weighted by Crippen LogP contribution is 2.71. The number of carbonyl (C=O) groups is 9. The molecule has 11 aliphatic heterocycles. The van der Waals surface area contributed by atoms with Crippen LogP contribution < -0.4 is 0 Å². The van der Waals surface area contributed by atoms with Crippen molar-refractivity contribution in [2.24, 2.45) is 71.0 Å². The molecule has 27 rings (SSSR count). The summed E-state index contributed by atoms with van der Waals surface area (Å²) >= 11 is 0. The number of aliphatic hydroxyl groups excluding tert-OH is 1. The number of hydrogen-bond donors (Lipinski definition) is 1. The molecular weight excluding hydrogens is 1620 g/mol. The first-order valence-electron chi connectivity index (χ1n) is 42.1. The van der Waals surface area contributed by atoms with Gasteiger partial charge in [0.1, 0.15) is 53.4 Å². The van der Waals surface area contributed by atoms with Crippen molar-refractivity contribution in [1.29, 1.82) is 0 Å². The van der Waals surface area contributed by atoms with Crippen molar-refractivity contribution in [3.8, 4) is 0 Å². The number of fused-ring (bicyclic) bond motifs is 10. The van der Waals surface area contributed by atoms with Crippen molar-refractivity contribution in [2.45, 2.75) is 357 Å². The second-order valence-electron chi connectivity index (χ2n) is 38.7. The van der Waals surface area contributed by atoms with Gasteiger partial charge >= 0.3 is 77.4 Å². The van der Waals surface area contributed by atoms with E-state index in [1.807, 2.05) is 6.92 Å². The maximum absolute atomic E-state index is 13.6. The van der Waals surface area contributed by atoms with Gasteiger partial charge in [0.15, 0.2) is 103 Å². The average molecular weight is 1720 g/mol. The zero-order valence-electron chi connectivity index (χ0n) is 66.5. The third kappa shape index (κ3) is 13.0. The minimum absolute atomic E-state index is 0.0598. The minimum Gasteiger partial charge on any atom is -0.461 e. The fourth-order valence-corrected chi connectivity index (χ4v) is 26.7. The van der Waals surface area contributed by atoms with Crippen LogP contribution in [0.3, 0.4) is 0 Å². The van der Waals surface area contributed by atoms with Gasteiger partial charge in [-0.15, -0.1) is 0 Å². The van der Waals surface area contributed by atoms with Crippen LogP contribution in [0, 0.1) is 71.0 Å². The zero-order valence-corrected chi connectivity index (χ0v) is 66.5. The number of alkyl halides is 8. The van der Waals surface area contributed by atoms with Crippen molar-refractivity contribution in [3.63, 3.8) is 0 Å². The van der Waals surface area contributed by atoms with Crippen LogP contribution in [0.2, 0.25) is 0 Å². The number of cyclic esters (lactones) is 1. The van der Waals surface area contributed by atoms with Crippen LogP contribution in [0.1, 0.15) is 177 Å². The summed E-state index contributed by atoms with van der Waals surface area (Å²) in [4.78, 5) is 107. The summed E-state index contributed by atoms with van der Waals surface area (Å²) in [5, 5.41) is 9.89. The number of carbonyl (C=O) groups excluding carboxylic acids is 9. The molecule has 11 heterocycles. The van der Waals surface area contributed by atoms with Crippen LogP contribution >= 0.6 is 0 Å². The largest absolute Gasteiger partial charge is 0.461 e. The average Bonchev–Trinajstić information content (AvgIpc) is 1.43. The molecule has 0 aromatic heterocycles. The standard InChI is InChI=1S/C23H30F2O9.C21H24F2O9.C19H22F2O8.C17H20F2O6/c1-4-28-10(2)29-16-14-15(30-18(16)26)17-19(31-14)33-23(32-17)12-5-11-6-13(23)9-22(7-11,8-12)34-20(27)21(3,24)25;1-8(24)27-14-12-13(28-16(14)25)15-17(29-12)31-21(30-15)10-3-9-4-11(21)7-20(5-9,6-10)32-18(26)19(2,22)23;1-17(20,21)16(24)29-18-4-7-2-8(5-18)19(9(3-7)6-18)27-13-12-11(26-15(13)28-19)10(22)14(23)25-12;1-15(18,19)14(21)25-16-4-8-2-9(5-16)17(10(3-8)6-16)23-11-7-22-13(20)12(11)24-17/h10-17,19H,4-9H2,1-3H3;9-15,17H,3-7H2,1-2H3;7-13,15,22H,2-6H2,1H3;8-12H,2-7H2,1H3. The third-order valence-corrected chi connectivity index (χ3v) is 30.2. The lowest BCUT2D eigenvalue weighted by molar-refractivity contribution is -0.344. The monoisotopic (exact) mass is 1720 g/mol. The van der Waals surface area contributed by atoms with Crippen LogP contribution in [0.5, 0.6) is 0 Å². The van der Waals surface area contributed by atoms with E-state index in [4.69, 9.17) is 104 Å². The summed E-state index contributed by atoms with van der Waals surface area (Å²) in [7, 11) is 0. The van der Waals surface area contributed by atoms with E-state index in [0.717, 1.165) is 51.4 Å². The number of esters is 9. The molecule has 0 aromatic rings. The Bertz CT molecular complexity index is 4160.